The van der Waals surface area contributed by atoms with Crippen LogP contribution in [0.2, 0.25) is 0 Å². The van der Waals surface area contributed by atoms with Crippen molar-refractivity contribution in [1.82, 2.24) is 5.32 Å². The third-order valence-corrected chi connectivity index (χ3v) is 4.18. The van der Waals surface area contributed by atoms with Gasteiger partial charge in [-0.25, -0.2) is 0 Å². The van der Waals surface area contributed by atoms with Gasteiger partial charge in [0.05, 0.1) is 16.4 Å². The highest BCUT2D eigenvalue weighted by Gasteiger charge is 2.12. The van der Waals surface area contributed by atoms with Crippen molar-refractivity contribution in [2.24, 2.45) is 0 Å². The highest BCUT2D eigenvalue weighted by Crippen LogP contribution is 2.24. The summed E-state index contributed by atoms with van der Waals surface area (Å²) in [5.41, 5.74) is 1.16. The fourth-order valence-electron chi connectivity index (χ4n) is 1.98. The number of para-hydroxylation sites is 2. The Morgan fingerprint density at radius 2 is 2.04 bits per heavy atom. The van der Waals surface area contributed by atoms with Gasteiger partial charge in [0.2, 0.25) is 0 Å². The summed E-state index contributed by atoms with van der Waals surface area (Å²) in [6, 6.07) is 12.5. The lowest BCUT2D eigenvalue weighted by Gasteiger charge is -2.14. The van der Waals surface area contributed by atoms with E-state index in [-0.39, 0.29) is 11.0 Å². The van der Waals surface area contributed by atoms with Gasteiger partial charge in [-0.05, 0) is 65.1 Å². The summed E-state index contributed by atoms with van der Waals surface area (Å²) >= 11 is 7.33. The van der Waals surface area contributed by atoms with E-state index in [1.807, 2.05) is 24.3 Å². The van der Waals surface area contributed by atoms with Gasteiger partial charge in [0.15, 0.2) is 5.11 Å². The standard InChI is InChI=1S/C18H17IN2O3S/c1-3-10-24-16-7-5-4-6-14(16)20-18(25)21-17(22)12-8-9-15(23-2)13(19)11-12/h3-9,11H,1,10H2,2H3,(H2,20,21,22,25). The van der Waals surface area contributed by atoms with Crippen LogP contribution in [0.1, 0.15) is 10.4 Å². The Bertz CT molecular complexity index is 796. The molecule has 0 heterocycles. The molecule has 5 nitrogen and oxygen atoms in total. The van der Waals surface area contributed by atoms with Crippen molar-refractivity contribution in [3.8, 4) is 11.5 Å². The molecule has 2 aromatic carbocycles. The second-order valence-corrected chi connectivity index (χ2v) is 6.42. The zero-order valence-corrected chi connectivity index (χ0v) is 16.5. The van der Waals surface area contributed by atoms with Crippen LogP contribution in [0.3, 0.4) is 0 Å². The van der Waals surface area contributed by atoms with E-state index in [4.69, 9.17) is 21.7 Å². The molecule has 25 heavy (non-hydrogen) atoms. The Kier molecular flexibility index (Phi) is 7.20. The summed E-state index contributed by atoms with van der Waals surface area (Å²) in [5.74, 6) is 1.03. The summed E-state index contributed by atoms with van der Waals surface area (Å²) in [7, 11) is 1.59. The number of hydrogen-bond donors (Lipinski definition) is 2. The summed E-state index contributed by atoms with van der Waals surface area (Å²) in [4.78, 5) is 12.3. The summed E-state index contributed by atoms with van der Waals surface area (Å²) in [6.07, 6.45) is 1.65. The van der Waals surface area contributed by atoms with Gasteiger partial charge in [-0.15, -0.1) is 0 Å². The second kappa shape index (κ2) is 9.38. The van der Waals surface area contributed by atoms with Crippen molar-refractivity contribution in [1.29, 1.82) is 0 Å². The Morgan fingerprint density at radius 3 is 2.72 bits per heavy atom. The molecule has 7 heteroatoms. The molecule has 0 atom stereocenters. The molecule has 0 fully saturated rings. The zero-order valence-electron chi connectivity index (χ0n) is 13.5. The molecule has 0 aliphatic heterocycles. The molecule has 2 rings (SSSR count). The summed E-state index contributed by atoms with van der Waals surface area (Å²) in [6.45, 7) is 4.00. The average molecular weight is 468 g/mol. The van der Waals surface area contributed by atoms with Gasteiger partial charge in [-0.1, -0.05) is 24.8 Å². The molecule has 0 aromatic heterocycles. The molecule has 0 aliphatic carbocycles. The Labute approximate surface area is 165 Å². The largest absolute Gasteiger partial charge is 0.496 e. The minimum atomic E-state index is -0.303. The van der Waals surface area contributed by atoms with Crippen molar-refractivity contribution in [3.05, 3.63) is 64.3 Å². The van der Waals surface area contributed by atoms with E-state index in [1.165, 1.54) is 0 Å². The number of ether oxygens (including phenoxy) is 2. The van der Waals surface area contributed by atoms with Gasteiger partial charge in [0.1, 0.15) is 18.1 Å². The van der Waals surface area contributed by atoms with E-state index in [0.717, 1.165) is 3.57 Å². The van der Waals surface area contributed by atoms with Crippen LogP contribution in [-0.2, 0) is 0 Å². The second-order valence-electron chi connectivity index (χ2n) is 4.85. The van der Waals surface area contributed by atoms with Gasteiger partial charge in [0.25, 0.3) is 5.91 Å². The molecule has 0 aliphatic rings. The lowest BCUT2D eigenvalue weighted by molar-refractivity contribution is 0.0977. The Balaban J connectivity index is 2.04. The smallest absolute Gasteiger partial charge is 0.257 e. The van der Waals surface area contributed by atoms with Crippen LogP contribution in [0.25, 0.3) is 0 Å². The van der Waals surface area contributed by atoms with Gasteiger partial charge >= 0.3 is 0 Å². The number of benzene rings is 2. The van der Waals surface area contributed by atoms with Crippen molar-refractivity contribution in [3.63, 3.8) is 0 Å². The number of methoxy groups -OCH3 is 1. The quantitative estimate of drug-likeness (QED) is 0.382. The first-order chi connectivity index (χ1) is 12.0. The molecule has 0 bridgehead atoms. The first kappa shape index (κ1) is 19.2. The summed E-state index contributed by atoms with van der Waals surface area (Å²) in [5, 5.41) is 5.81. The predicted molar refractivity (Wildman–Crippen MR) is 112 cm³/mol. The van der Waals surface area contributed by atoms with Crippen molar-refractivity contribution in [2.45, 2.75) is 0 Å². The monoisotopic (exact) mass is 468 g/mol. The molecule has 0 unspecified atom stereocenters. The summed E-state index contributed by atoms with van der Waals surface area (Å²) < 4.78 is 11.6. The number of rotatable bonds is 6. The fraction of sp³-hybridized carbons (Fsp3) is 0.111. The molecular formula is C18H17IN2O3S. The number of halogens is 1. The van der Waals surface area contributed by atoms with Gasteiger partial charge in [-0.2, -0.15) is 0 Å². The molecule has 0 spiro atoms. The zero-order chi connectivity index (χ0) is 18.2. The Hall–Kier alpha value is -2.13. The van der Waals surface area contributed by atoms with Crippen LogP contribution in [0, 0.1) is 3.57 Å². The molecular weight excluding hydrogens is 451 g/mol. The number of carbonyl (C=O) groups excluding carboxylic acids is 1. The maximum atomic E-state index is 12.3. The fourth-order valence-corrected chi connectivity index (χ4v) is 2.92. The number of nitrogens with one attached hydrogen (secondary N) is 2. The van der Waals surface area contributed by atoms with E-state index in [0.29, 0.717) is 29.4 Å². The molecule has 2 N–H and O–H groups in total. The minimum Gasteiger partial charge on any atom is -0.496 e. The maximum Gasteiger partial charge on any atom is 0.257 e. The number of hydrogen-bond acceptors (Lipinski definition) is 4. The average Bonchev–Trinajstić information content (AvgIpc) is 2.60. The van der Waals surface area contributed by atoms with Crippen LogP contribution in [0.4, 0.5) is 5.69 Å². The highest BCUT2D eigenvalue weighted by atomic mass is 127. The van der Waals surface area contributed by atoms with Crippen LogP contribution in [0.15, 0.2) is 55.1 Å². The SMILES string of the molecule is C=CCOc1ccccc1NC(=S)NC(=O)c1ccc(OC)c(I)c1. The van der Waals surface area contributed by atoms with Crippen LogP contribution < -0.4 is 20.1 Å². The van der Waals surface area contributed by atoms with Crippen molar-refractivity contribution < 1.29 is 14.3 Å². The molecule has 1 amide bonds. The number of anilines is 1. The Morgan fingerprint density at radius 1 is 1.28 bits per heavy atom. The first-order valence-electron chi connectivity index (χ1n) is 7.33. The maximum absolute atomic E-state index is 12.3. The van der Waals surface area contributed by atoms with Gasteiger partial charge in [-0.3, -0.25) is 10.1 Å². The third-order valence-electron chi connectivity index (χ3n) is 3.13. The van der Waals surface area contributed by atoms with Gasteiger partial charge in [0, 0.05) is 5.56 Å². The number of thiocarbonyl (C=S) groups is 1. The minimum absolute atomic E-state index is 0.186. The van der Waals surface area contributed by atoms with E-state index < -0.39 is 0 Å². The first-order valence-corrected chi connectivity index (χ1v) is 8.82. The molecule has 130 valence electrons. The topological polar surface area (TPSA) is 59.6 Å². The van der Waals surface area contributed by atoms with Crippen LogP contribution in [-0.4, -0.2) is 24.7 Å². The molecule has 0 radical (unpaired) electrons. The van der Waals surface area contributed by atoms with Crippen molar-refractivity contribution >= 4 is 51.5 Å². The van der Waals surface area contributed by atoms with Gasteiger partial charge < -0.3 is 14.8 Å². The van der Waals surface area contributed by atoms with E-state index in [1.54, 1.807) is 31.4 Å². The third kappa shape index (κ3) is 5.43. The molecule has 2 aromatic rings. The van der Waals surface area contributed by atoms with E-state index >= 15 is 0 Å². The van der Waals surface area contributed by atoms with E-state index in [2.05, 4.69) is 39.8 Å². The molecule has 0 saturated heterocycles. The van der Waals surface area contributed by atoms with Crippen LogP contribution >= 0.6 is 34.8 Å². The molecule has 0 saturated carbocycles. The normalized spacial score (nSPS) is 9.84. The number of carbonyl (C=O) groups is 1. The number of amides is 1. The lowest BCUT2D eigenvalue weighted by atomic mass is 10.2. The predicted octanol–water partition coefficient (Wildman–Crippen LogP) is 3.99. The highest BCUT2D eigenvalue weighted by molar-refractivity contribution is 14.1. The van der Waals surface area contributed by atoms with E-state index in [9.17, 15) is 4.79 Å². The lowest BCUT2D eigenvalue weighted by Crippen LogP contribution is -2.34. The van der Waals surface area contributed by atoms with Crippen LogP contribution in [0.5, 0.6) is 11.5 Å². The van der Waals surface area contributed by atoms with Crippen molar-refractivity contribution in [2.75, 3.05) is 19.0 Å².